The van der Waals surface area contributed by atoms with Gasteiger partial charge in [0.2, 0.25) is 11.8 Å². The van der Waals surface area contributed by atoms with E-state index in [0.717, 1.165) is 47.5 Å². The summed E-state index contributed by atoms with van der Waals surface area (Å²) in [7, 11) is -4.08. The summed E-state index contributed by atoms with van der Waals surface area (Å²) in [6.07, 6.45) is 5.52. The zero-order valence-corrected chi connectivity index (χ0v) is 25.2. The number of nitrogens with one attached hydrogen (secondary N) is 1. The molecule has 3 aromatic carbocycles. The maximum atomic E-state index is 14.2. The molecule has 1 atom stereocenters. The number of carbonyl (C=O) groups excluding carboxylic acids is 2. The van der Waals surface area contributed by atoms with Gasteiger partial charge in [-0.2, -0.15) is 0 Å². The Bertz CT molecular complexity index is 1410. The van der Waals surface area contributed by atoms with Crippen LogP contribution in [0.4, 0.5) is 5.69 Å². The molecule has 1 aliphatic carbocycles. The largest absolute Gasteiger partial charge is 0.352 e. The summed E-state index contributed by atoms with van der Waals surface area (Å²) < 4.78 is 28.9. The highest BCUT2D eigenvalue weighted by atomic mass is 35.5. The average Bonchev–Trinajstić information content (AvgIpc) is 2.98. The normalized spacial score (nSPS) is 14.7. The van der Waals surface area contributed by atoms with E-state index in [0.29, 0.717) is 17.1 Å². The number of carbonyl (C=O) groups is 2. The molecule has 41 heavy (non-hydrogen) atoms. The van der Waals surface area contributed by atoms with Crippen LogP contribution in [-0.2, 0) is 26.2 Å². The first-order chi connectivity index (χ1) is 19.7. The van der Waals surface area contributed by atoms with Crippen molar-refractivity contribution in [2.24, 2.45) is 0 Å². The number of sulfonamides is 1. The van der Waals surface area contributed by atoms with Crippen molar-refractivity contribution < 1.29 is 18.0 Å². The first kappa shape index (κ1) is 30.6. The smallest absolute Gasteiger partial charge is 0.264 e. The zero-order valence-electron chi connectivity index (χ0n) is 23.6. The number of benzene rings is 3. The quantitative estimate of drug-likeness (QED) is 0.290. The summed E-state index contributed by atoms with van der Waals surface area (Å²) in [5, 5.41) is 3.72. The van der Waals surface area contributed by atoms with E-state index in [2.05, 4.69) is 5.32 Å². The lowest BCUT2D eigenvalue weighted by Crippen LogP contribution is -2.54. The van der Waals surface area contributed by atoms with Gasteiger partial charge < -0.3 is 10.2 Å². The number of nitrogens with zero attached hydrogens (tertiary/aromatic N) is 2. The standard InChI is InChI=1S/C32H38ClN3O4S/c1-3-30(32(38)34-27-10-6-4-7-11-27)35(22-25-16-18-26(33)19-17-25)31(37)23-36(28-20-14-24(2)15-21-28)41(39,40)29-12-8-5-9-13-29/h5,8-9,12-21,27,30H,3-4,6-7,10-11,22-23H2,1-2H3,(H,34,38)/t30-/m1/s1. The van der Waals surface area contributed by atoms with Gasteiger partial charge in [0.05, 0.1) is 10.6 Å². The van der Waals surface area contributed by atoms with E-state index in [-0.39, 0.29) is 23.4 Å². The SMILES string of the molecule is CC[C@H](C(=O)NC1CCCCC1)N(Cc1ccc(Cl)cc1)C(=O)CN(c1ccc(C)cc1)S(=O)(=O)c1ccccc1. The third kappa shape index (κ3) is 7.89. The molecular weight excluding hydrogens is 558 g/mol. The van der Waals surface area contributed by atoms with Crippen molar-refractivity contribution in [3.05, 3.63) is 95.0 Å². The molecule has 218 valence electrons. The molecule has 1 aliphatic rings. The fourth-order valence-corrected chi connectivity index (χ4v) is 6.77. The molecular formula is C32H38ClN3O4S. The van der Waals surface area contributed by atoms with Crippen molar-refractivity contribution in [3.8, 4) is 0 Å². The average molecular weight is 596 g/mol. The summed E-state index contributed by atoms with van der Waals surface area (Å²) in [4.78, 5) is 29.3. The Kier molecular flexibility index (Phi) is 10.5. The highest BCUT2D eigenvalue weighted by molar-refractivity contribution is 7.92. The molecule has 0 bridgehead atoms. The molecule has 0 radical (unpaired) electrons. The van der Waals surface area contributed by atoms with Gasteiger partial charge in [0.1, 0.15) is 12.6 Å². The fraction of sp³-hybridized carbons (Fsp3) is 0.375. The van der Waals surface area contributed by atoms with E-state index < -0.39 is 28.5 Å². The monoisotopic (exact) mass is 595 g/mol. The Morgan fingerprint density at radius 3 is 2.17 bits per heavy atom. The van der Waals surface area contributed by atoms with Gasteiger partial charge >= 0.3 is 0 Å². The highest BCUT2D eigenvalue weighted by Gasteiger charge is 2.34. The van der Waals surface area contributed by atoms with Crippen LogP contribution in [0.15, 0.2) is 83.8 Å². The van der Waals surface area contributed by atoms with E-state index in [4.69, 9.17) is 11.6 Å². The Labute approximate surface area is 248 Å². The van der Waals surface area contributed by atoms with Gasteiger partial charge in [0.15, 0.2) is 0 Å². The van der Waals surface area contributed by atoms with Crippen molar-refractivity contribution in [3.63, 3.8) is 0 Å². The van der Waals surface area contributed by atoms with E-state index in [1.165, 1.54) is 17.0 Å². The molecule has 1 N–H and O–H groups in total. The first-order valence-corrected chi connectivity index (χ1v) is 16.0. The van der Waals surface area contributed by atoms with Crippen LogP contribution in [0.25, 0.3) is 0 Å². The number of amides is 2. The number of halogens is 1. The third-order valence-electron chi connectivity index (χ3n) is 7.54. The van der Waals surface area contributed by atoms with Gasteiger partial charge in [-0.15, -0.1) is 0 Å². The van der Waals surface area contributed by atoms with Crippen LogP contribution in [-0.4, -0.2) is 43.8 Å². The minimum atomic E-state index is -4.08. The molecule has 0 aliphatic heterocycles. The molecule has 0 unspecified atom stereocenters. The molecule has 4 rings (SSSR count). The van der Waals surface area contributed by atoms with Gasteiger partial charge in [-0.1, -0.05) is 85.8 Å². The van der Waals surface area contributed by atoms with Gasteiger partial charge in [0, 0.05) is 17.6 Å². The number of hydrogen-bond acceptors (Lipinski definition) is 4. The highest BCUT2D eigenvalue weighted by Crippen LogP contribution is 2.26. The Hall–Kier alpha value is -3.36. The van der Waals surface area contributed by atoms with Crippen LogP contribution in [0, 0.1) is 6.92 Å². The van der Waals surface area contributed by atoms with E-state index in [1.54, 1.807) is 42.5 Å². The number of anilines is 1. The first-order valence-electron chi connectivity index (χ1n) is 14.2. The van der Waals surface area contributed by atoms with E-state index in [1.807, 2.05) is 38.1 Å². The lowest BCUT2D eigenvalue weighted by Gasteiger charge is -2.34. The number of aryl methyl sites for hydroxylation is 1. The second kappa shape index (κ2) is 14.0. The van der Waals surface area contributed by atoms with Gasteiger partial charge in [-0.25, -0.2) is 8.42 Å². The van der Waals surface area contributed by atoms with Crippen molar-refractivity contribution in [2.75, 3.05) is 10.8 Å². The summed E-state index contributed by atoms with van der Waals surface area (Å²) >= 11 is 6.10. The van der Waals surface area contributed by atoms with Crippen LogP contribution in [0.3, 0.4) is 0 Å². The zero-order chi connectivity index (χ0) is 29.4. The molecule has 1 fully saturated rings. The Morgan fingerprint density at radius 2 is 1.56 bits per heavy atom. The lowest BCUT2D eigenvalue weighted by atomic mass is 9.95. The molecule has 7 nitrogen and oxygen atoms in total. The predicted molar refractivity (Wildman–Crippen MR) is 163 cm³/mol. The minimum absolute atomic E-state index is 0.0831. The van der Waals surface area contributed by atoms with Crippen molar-refractivity contribution in [1.82, 2.24) is 10.2 Å². The summed E-state index contributed by atoms with van der Waals surface area (Å²) in [5.41, 5.74) is 2.13. The fourth-order valence-electron chi connectivity index (χ4n) is 5.21. The van der Waals surface area contributed by atoms with Crippen LogP contribution >= 0.6 is 11.6 Å². The summed E-state index contributed by atoms with van der Waals surface area (Å²) in [5.74, 6) is -0.680. The van der Waals surface area contributed by atoms with E-state index >= 15 is 0 Å². The maximum absolute atomic E-state index is 14.2. The Balaban J connectivity index is 1.68. The third-order valence-corrected chi connectivity index (χ3v) is 9.58. The maximum Gasteiger partial charge on any atom is 0.264 e. The summed E-state index contributed by atoms with van der Waals surface area (Å²) in [6.45, 7) is 3.46. The number of hydrogen-bond donors (Lipinski definition) is 1. The molecule has 2 amide bonds. The number of rotatable bonds is 11. The second-order valence-electron chi connectivity index (χ2n) is 10.6. The molecule has 0 aromatic heterocycles. The predicted octanol–water partition coefficient (Wildman–Crippen LogP) is 6.10. The molecule has 9 heteroatoms. The van der Waals surface area contributed by atoms with Gasteiger partial charge in [-0.05, 0) is 68.1 Å². The topological polar surface area (TPSA) is 86.8 Å². The van der Waals surface area contributed by atoms with Crippen LogP contribution in [0.1, 0.15) is 56.6 Å². The van der Waals surface area contributed by atoms with Gasteiger partial charge in [0.25, 0.3) is 10.0 Å². The molecule has 1 saturated carbocycles. The lowest BCUT2D eigenvalue weighted by molar-refractivity contribution is -0.140. The van der Waals surface area contributed by atoms with Crippen LogP contribution < -0.4 is 9.62 Å². The minimum Gasteiger partial charge on any atom is -0.352 e. The molecule has 3 aromatic rings. The van der Waals surface area contributed by atoms with Crippen LogP contribution in [0.2, 0.25) is 5.02 Å². The Morgan fingerprint density at radius 1 is 0.927 bits per heavy atom. The summed E-state index contributed by atoms with van der Waals surface area (Å²) in [6, 6.07) is 21.5. The second-order valence-corrected chi connectivity index (χ2v) is 12.9. The van der Waals surface area contributed by atoms with Crippen molar-refractivity contribution in [2.45, 2.75) is 75.9 Å². The van der Waals surface area contributed by atoms with Gasteiger partial charge in [-0.3, -0.25) is 13.9 Å². The van der Waals surface area contributed by atoms with Crippen LogP contribution in [0.5, 0.6) is 0 Å². The van der Waals surface area contributed by atoms with Crippen molar-refractivity contribution in [1.29, 1.82) is 0 Å². The molecule has 0 saturated heterocycles. The van der Waals surface area contributed by atoms with Crippen molar-refractivity contribution >= 4 is 39.1 Å². The molecule has 0 heterocycles. The van der Waals surface area contributed by atoms with E-state index in [9.17, 15) is 18.0 Å². The molecule has 0 spiro atoms.